The lowest BCUT2D eigenvalue weighted by Crippen LogP contribution is -2.21. The lowest BCUT2D eigenvalue weighted by molar-refractivity contribution is 0.0503. The van der Waals surface area contributed by atoms with Crippen LogP contribution >= 0.6 is 11.3 Å². The molecule has 2 heterocycles. The summed E-state index contributed by atoms with van der Waals surface area (Å²) in [4.78, 5) is 0.893. The van der Waals surface area contributed by atoms with Crippen LogP contribution in [0.25, 0.3) is 21.6 Å². The van der Waals surface area contributed by atoms with E-state index in [4.69, 9.17) is 9.47 Å². The monoisotopic (exact) mass is 382 g/mol. The maximum Gasteiger partial charge on any atom is 0.174 e. The minimum absolute atomic E-state index is 0.203. The molecule has 2 nitrogen and oxygen atoms in total. The van der Waals surface area contributed by atoms with Gasteiger partial charge in [0.15, 0.2) is 5.06 Å². The smallest absolute Gasteiger partial charge is 0.174 e. The number of rotatable bonds is 5. The van der Waals surface area contributed by atoms with Gasteiger partial charge in [0.05, 0.1) is 6.61 Å². The van der Waals surface area contributed by atoms with Crippen LogP contribution in [0.4, 0.5) is 4.39 Å². The lowest BCUT2D eigenvalue weighted by atomic mass is 10.0. The molecular formula is C23H23FO2S. The van der Waals surface area contributed by atoms with Crippen LogP contribution in [0.3, 0.4) is 0 Å². The molecule has 1 fully saturated rings. The summed E-state index contributed by atoms with van der Waals surface area (Å²) in [6.07, 6.45) is 2.10. The van der Waals surface area contributed by atoms with E-state index in [2.05, 4.69) is 0 Å². The normalized spacial score (nSPS) is 15.0. The maximum atomic E-state index is 14.7. The Morgan fingerprint density at radius 2 is 1.74 bits per heavy atom. The summed E-state index contributed by atoms with van der Waals surface area (Å²) in [5.74, 6) is 0.348. The predicted molar refractivity (Wildman–Crippen MR) is 109 cm³/mol. The molecule has 0 aliphatic carbocycles. The van der Waals surface area contributed by atoms with Crippen LogP contribution in [-0.4, -0.2) is 19.8 Å². The first-order valence-electron chi connectivity index (χ1n) is 9.36. The van der Waals surface area contributed by atoms with E-state index in [-0.39, 0.29) is 5.82 Å². The minimum atomic E-state index is -0.203. The summed E-state index contributed by atoms with van der Waals surface area (Å²) in [5, 5.41) is 0.846. The van der Waals surface area contributed by atoms with Crippen LogP contribution in [0.5, 0.6) is 5.06 Å². The molecule has 1 saturated heterocycles. The molecule has 2 aromatic carbocycles. The maximum absolute atomic E-state index is 14.7. The molecule has 1 aromatic heterocycles. The summed E-state index contributed by atoms with van der Waals surface area (Å²) in [7, 11) is 0. The van der Waals surface area contributed by atoms with E-state index in [9.17, 15) is 4.39 Å². The number of benzene rings is 2. The third kappa shape index (κ3) is 4.40. The van der Waals surface area contributed by atoms with Gasteiger partial charge in [-0.3, -0.25) is 0 Å². The molecule has 0 radical (unpaired) electrons. The van der Waals surface area contributed by atoms with Crippen LogP contribution in [0, 0.1) is 18.7 Å². The number of aryl methyl sites for hydroxylation is 1. The molecule has 1 aliphatic rings. The van der Waals surface area contributed by atoms with Gasteiger partial charge >= 0.3 is 0 Å². The standard InChI is InChI=1S/C23H23FO2S/c1-16-2-4-18(5-3-16)19-6-7-20(21(24)14-19)22-8-9-23(27-22)26-15-17-10-12-25-13-11-17/h2-9,14,17H,10-13,15H2,1H3. The van der Waals surface area contributed by atoms with E-state index in [1.54, 1.807) is 6.07 Å². The van der Waals surface area contributed by atoms with Crippen LogP contribution in [0.15, 0.2) is 54.6 Å². The molecule has 0 amide bonds. The molecule has 0 unspecified atom stereocenters. The zero-order chi connectivity index (χ0) is 18.6. The third-order valence-electron chi connectivity index (χ3n) is 5.00. The van der Waals surface area contributed by atoms with Gasteiger partial charge in [0.25, 0.3) is 0 Å². The van der Waals surface area contributed by atoms with Crippen molar-refractivity contribution >= 4 is 11.3 Å². The Kier molecular flexibility index (Phi) is 5.55. The van der Waals surface area contributed by atoms with Crippen molar-refractivity contribution in [1.29, 1.82) is 0 Å². The number of hydrogen-bond donors (Lipinski definition) is 0. The van der Waals surface area contributed by atoms with E-state index in [1.807, 2.05) is 55.5 Å². The molecule has 1 aliphatic heterocycles. The fraction of sp³-hybridized carbons (Fsp3) is 0.304. The zero-order valence-electron chi connectivity index (χ0n) is 15.4. The predicted octanol–water partition coefficient (Wildman–Crippen LogP) is 6.34. The highest BCUT2D eigenvalue weighted by Crippen LogP contribution is 2.36. The molecule has 27 heavy (non-hydrogen) atoms. The highest BCUT2D eigenvalue weighted by Gasteiger charge is 2.15. The number of thiophene rings is 1. The number of halogens is 1. The van der Waals surface area contributed by atoms with Gasteiger partial charge in [0.1, 0.15) is 5.82 Å². The van der Waals surface area contributed by atoms with E-state index in [0.29, 0.717) is 18.1 Å². The summed E-state index contributed by atoms with van der Waals surface area (Å²) < 4.78 is 26.1. The summed E-state index contributed by atoms with van der Waals surface area (Å²) >= 11 is 1.50. The van der Waals surface area contributed by atoms with E-state index in [1.165, 1.54) is 16.9 Å². The van der Waals surface area contributed by atoms with Crippen LogP contribution < -0.4 is 4.74 Å². The molecule has 0 N–H and O–H groups in total. The molecule has 0 saturated carbocycles. The van der Waals surface area contributed by atoms with Crippen molar-refractivity contribution in [3.8, 4) is 26.6 Å². The summed E-state index contributed by atoms with van der Waals surface area (Å²) in [5.41, 5.74) is 3.74. The Hall–Kier alpha value is -2.17. The first-order chi connectivity index (χ1) is 13.2. The zero-order valence-corrected chi connectivity index (χ0v) is 16.2. The fourth-order valence-electron chi connectivity index (χ4n) is 3.30. The van der Waals surface area contributed by atoms with Crippen LogP contribution in [0.2, 0.25) is 0 Å². The van der Waals surface area contributed by atoms with Crippen molar-refractivity contribution < 1.29 is 13.9 Å². The molecule has 0 bridgehead atoms. The van der Waals surface area contributed by atoms with Gasteiger partial charge < -0.3 is 9.47 Å². The SMILES string of the molecule is Cc1ccc(-c2ccc(-c3ccc(OCC4CCOCC4)s3)c(F)c2)cc1. The Morgan fingerprint density at radius 3 is 2.48 bits per heavy atom. The largest absolute Gasteiger partial charge is 0.484 e. The van der Waals surface area contributed by atoms with Crippen LogP contribution in [0.1, 0.15) is 18.4 Å². The summed E-state index contributed by atoms with van der Waals surface area (Å²) in [6.45, 7) is 4.40. The van der Waals surface area contributed by atoms with Crippen molar-refractivity contribution in [1.82, 2.24) is 0 Å². The Bertz CT molecular complexity index is 895. The molecule has 4 heteroatoms. The third-order valence-corrected chi connectivity index (χ3v) is 6.03. The molecule has 0 atom stereocenters. The highest BCUT2D eigenvalue weighted by molar-refractivity contribution is 7.17. The number of ether oxygens (including phenoxy) is 2. The van der Waals surface area contributed by atoms with Gasteiger partial charge in [0, 0.05) is 23.7 Å². The number of hydrogen-bond acceptors (Lipinski definition) is 3. The Labute approximate surface area is 163 Å². The van der Waals surface area contributed by atoms with Gasteiger partial charge in [-0.05, 0) is 61.1 Å². The average molecular weight is 383 g/mol. The van der Waals surface area contributed by atoms with E-state index in [0.717, 1.165) is 47.1 Å². The van der Waals surface area contributed by atoms with Gasteiger partial charge in [-0.15, -0.1) is 0 Å². The quantitative estimate of drug-likeness (QED) is 0.513. The molecule has 3 aromatic rings. The second-order valence-electron chi connectivity index (χ2n) is 7.05. The van der Waals surface area contributed by atoms with E-state index < -0.39 is 0 Å². The molecule has 4 rings (SSSR count). The van der Waals surface area contributed by atoms with Crippen LogP contribution in [-0.2, 0) is 4.74 Å². The van der Waals surface area contributed by atoms with Gasteiger partial charge in [-0.2, -0.15) is 0 Å². The van der Waals surface area contributed by atoms with Crippen molar-refractivity contribution in [3.63, 3.8) is 0 Å². The second-order valence-corrected chi connectivity index (χ2v) is 8.09. The molecule has 140 valence electrons. The first kappa shape index (κ1) is 18.2. The van der Waals surface area contributed by atoms with Crippen molar-refractivity contribution in [2.45, 2.75) is 19.8 Å². The van der Waals surface area contributed by atoms with Gasteiger partial charge in [0.2, 0.25) is 0 Å². The molecule has 0 spiro atoms. The summed E-state index contributed by atoms with van der Waals surface area (Å²) in [6, 6.07) is 17.5. The Balaban J connectivity index is 1.47. The van der Waals surface area contributed by atoms with Gasteiger partial charge in [-0.1, -0.05) is 47.2 Å². The lowest BCUT2D eigenvalue weighted by Gasteiger charge is -2.21. The highest BCUT2D eigenvalue weighted by atomic mass is 32.1. The Morgan fingerprint density at radius 1 is 1.00 bits per heavy atom. The average Bonchev–Trinajstić information content (AvgIpc) is 3.16. The molecular weight excluding hydrogens is 359 g/mol. The van der Waals surface area contributed by atoms with Gasteiger partial charge in [-0.25, -0.2) is 4.39 Å². The van der Waals surface area contributed by atoms with Crippen molar-refractivity contribution in [3.05, 3.63) is 66.0 Å². The first-order valence-corrected chi connectivity index (χ1v) is 10.2. The van der Waals surface area contributed by atoms with E-state index >= 15 is 0 Å². The van der Waals surface area contributed by atoms with Crippen molar-refractivity contribution in [2.24, 2.45) is 5.92 Å². The topological polar surface area (TPSA) is 18.5 Å². The second kappa shape index (κ2) is 8.24. The minimum Gasteiger partial charge on any atom is -0.484 e. The van der Waals surface area contributed by atoms with Crippen molar-refractivity contribution in [2.75, 3.05) is 19.8 Å². The fourth-order valence-corrected chi connectivity index (χ4v) is 4.19.